The van der Waals surface area contributed by atoms with Gasteiger partial charge in [-0.3, -0.25) is 14.7 Å². The molecule has 0 aliphatic carbocycles. The Morgan fingerprint density at radius 1 is 1.58 bits per heavy atom. The zero-order valence-corrected chi connectivity index (χ0v) is 11.2. The average molecular weight is 265 g/mol. The number of nitrogens with zero attached hydrogens (tertiary/aromatic N) is 2. The Kier molecular flexibility index (Phi) is 4.34. The van der Waals surface area contributed by atoms with Crippen LogP contribution in [-0.4, -0.2) is 48.7 Å². The summed E-state index contributed by atoms with van der Waals surface area (Å²) in [6.45, 7) is 1.24. The third-order valence-corrected chi connectivity index (χ3v) is 3.42. The summed E-state index contributed by atoms with van der Waals surface area (Å²) in [6, 6.07) is 3.35. The Bertz CT molecular complexity index is 453. The molecule has 0 unspecified atom stereocenters. The summed E-state index contributed by atoms with van der Waals surface area (Å²) in [4.78, 5) is 17.7. The first-order chi connectivity index (χ1) is 9.13. The van der Waals surface area contributed by atoms with Crippen molar-refractivity contribution >= 4 is 5.91 Å². The van der Waals surface area contributed by atoms with Crippen LogP contribution in [0.2, 0.25) is 0 Å². The number of amides is 1. The van der Waals surface area contributed by atoms with Gasteiger partial charge in [-0.05, 0) is 12.5 Å². The number of ether oxygens (including phenoxy) is 2. The Balaban J connectivity index is 2.09. The molecule has 1 aromatic rings. The first-order valence-corrected chi connectivity index (χ1v) is 6.19. The second-order valence-electron chi connectivity index (χ2n) is 4.63. The number of primary amides is 1. The van der Waals surface area contributed by atoms with Gasteiger partial charge >= 0.3 is 0 Å². The molecule has 104 valence electrons. The summed E-state index contributed by atoms with van der Waals surface area (Å²) in [5, 5.41) is 0. The standard InChI is InChI=1S/C13H19N3O3/c1-18-10-3-4-15-9(5-10)7-16-8-11(19-2)6-12(16)13(14)17/h3-5,11-12H,6-8H2,1-2H3,(H2,14,17)/t11-,12-/m0/s1. The van der Waals surface area contributed by atoms with E-state index in [-0.39, 0.29) is 18.1 Å². The monoisotopic (exact) mass is 265 g/mol. The van der Waals surface area contributed by atoms with Crippen LogP contribution in [0.1, 0.15) is 12.1 Å². The number of carbonyl (C=O) groups excluding carboxylic acids is 1. The topological polar surface area (TPSA) is 77.7 Å². The van der Waals surface area contributed by atoms with Crippen LogP contribution in [0.5, 0.6) is 5.75 Å². The SMILES string of the molecule is COc1ccnc(CN2C[C@@H](OC)C[C@H]2C(N)=O)c1. The van der Waals surface area contributed by atoms with E-state index in [4.69, 9.17) is 15.2 Å². The number of carbonyl (C=O) groups is 1. The van der Waals surface area contributed by atoms with Gasteiger partial charge in [-0.15, -0.1) is 0 Å². The molecule has 2 atom stereocenters. The van der Waals surface area contributed by atoms with Gasteiger partial charge in [0.25, 0.3) is 0 Å². The number of pyridine rings is 1. The third kappa shape index (κ3) is 3.21. The van der Waals surface area contributed by atoms with Crippen LogP contribution in [0.3, 0.4) is 0 Å². The lowest BCUT2D eigenvalue weighted by Crippen LogP contribution is -2.39. The van der Waals surface area contributed by atoms with Crippen LogP contribution < -0.4 is 10.5 Å². The lowest BCUT2D eigenvalue weighted by atomic mass is 10.2. The molecule has 1 saturated heterocycles. The van der Waals surface area contributed by atoms with E-state index in [1.807, 2.05) is 11.0 Å². The van der Waals surface area contributed by atoms with Crippen molar-refractivity contribution in [1.29, 1.82) is 0 Å². The summed E-state index contributed by atoms with van der Waals surface area (Å²) < 4.78 is 10.5. The highest BCUT2D eigenvalue weighted by atomic mass is 16.5. The molecule has 19 heavy (non-hydrogen) atoms. The zero-order chi connectivity index (χ0) is 13.8. The largest absolute Gasteiger partial charge is 0.497 e. The minimum absolute atomic E-state index is 0.0445. The predicted molar refractivity (Wildman–Crippen MR) is 69.6 cm³/mol. The van der Waals surface area contributed by atoms with E-state index in [9.17, 15) is 4.79 Å². The van der Waals surface area contributed by atoms with Crippen LogP contribution in [0.4, 0.5) is 0 Å². The molecule has 0 spiro atoms. The van der Waals surface area contributed by atoms with E-state index < -0.39 is 0 Å². The minimum atomic E-state index is -0.317. The zero-order valence-electron chi connectivity index (χ0n) is 11.2. The Hall–Kier alpha value is -1.66. The second kappa shape index (κ2) is 5.99. The normalized spacial score (nSPS) is 23.5. The molecule has 1 aromatic heterocycles. The highest BCUT2D eigenvalue weighted by molar-refractivity contribution is 5.80. The van der Waals surface area contributed by atoms with Crippen molar-refractivity contribution in [3.05, 3.63) is 24.0 Å². The molecule has 0 radical (unpaired) electrons. The summed E-state index contributed by atoms with van der Waals surface area (Å²) in [5.74, 6) is 0.436. The number of aromatic nitrogens is 1. The lowest BCUT2D eigenvalue weighted by molar-refractivity contribution is -0.122. The van der Waals surface area contributed by atoms with Crippen molar-refractivity contribution in [3.8, 4) is 5.75 Å². The molecule has 6 nitrogen and oxygen atoms in total. The summed E-state index contributed by atoms with van der Waals surface area (Å²) in [6.07, 6.45) is 2.37. The molecule has 0 aromatic carbocycles. The van der Waals surface area contributed by atoms with Gasteiger partial charge in [0.15, 0.2) is 0 Å². The van der Waals surface area contributed by atoms with Crippen molar-refractivity contribution in [1.82, 2.24) is 9.88 Å². The van der Waals surface area contributed by atoms with Gasteiger partial charge in [-0.1, -0.05) is 0 Å². The number of likely N-dealkylation sites (tertiary alicyclic amines) is 1. The van der Waals surface area contributed by atoms with Crippen LogP contribution in [0.15, 0.2) is 18.3 Å². The molecule has 1 aliphatic rings. The van der Waals surface area contributed by atoms with Gasteiger partial charge in [0.1, 0.15) is 5.75 Å². The maximum atomic E-state index is 11.5. The predicted octanol–water partition coefficient (Wildman–Crippen LogP) is 0.165. The minimum Gasteiger partial charge on any atom is -0.497 e. The van der Waals surface area contributed by atoms with E-state index in [2.05, 4.69) is 4.98 Å². The fourth-order valence-electron chi connectivity index (χ4n) is 2.38. The van der Waals surface area contributed by atoms with Crippen molar-refractivity contribution in [2.45, 2.75) is 25.1 Å². The second-order valence-corrected chi connectivity index (χ2v) is 4.63. The molecule has 1 fully saturated rings. The Labute approximate surface area is 112 Å². The number of nitrogens with two attached hydrogens (primary N) is 1. The maximum Gasteiger partial charge on any atom is 0.234 e. The summed E-state index contributed by atoms with van der Waals surface area (Å²) >= 11 is 0. The molecule has 0 saturated carbocycles. The fraction of sp³-hybridized carbons (Fsp3) is 0.538. The van der Waals surface area contributed by atoms with E-state index in [0.717, 1.165) is 11.4 Å². The molecule has 0 bridgehead atoms. The quantitative estimate of drug-likeness (QED) is 0.821. The van der Waals surface area contributed by atoms with Gasteiger partial charge in [-0.2, -0.15) is 0 Å². The molecule has 2 N–H and O–H groups in total. The highest BCUT2D eigenvalue weighted by Crippen LogP contribution is 2.22. The third-order valence-electron chi connectivity index (χ3n) is 3.42. The van der Waals surface area contributed by atoms with E-state index >= 15 is 0 Å². The number of hydrogen-bond donors (Lipinski definition) is 1. The molecule has 2 heterocycles. The van der Waals surface area contributed by atoms with E-state index in [1.165, 1.54) is 0 Å². The lowest BCUT2D eigenvalue weighted by Gasteiger charge is -2.21. The smallest absolute Gasteiger partial charge is 0.234 e. The van der Waals surface area contributed by atoms with Crippen LogP contribution >= 0.6 is 0 Å². The Morgan fingerprint density at radius 3 is 3.00 bits per heavy atom. The Morgan fingerprint density at radius 2 is 2.37 bits per heavy atom. The van der Waals surface area contributed by atoms with Gasteiger partial charge in [0, 0.05) is 32.5 Å². The molecule has 1 aliphatic heterocycles. The molecule has 6 heteroatoms. The van der Waals surface area contributed by atoms with Gasteiger partial charge in [0.05, 0.1) is 24.9 Å². The van der Waals surface area contributed by atoms with Gasteiger partial charge in [0.2, 0.25) is 5.91 Å². The van der Waals surface area contributed by atoms with Gasteiger partial charge < -0.3 is 15.2 Å². The van der Waals surface area contributed by atoms with Crippen LogP contribution in [0, 0.1) is 0 Å². The van der Waals surface area contributed by atoms with Crippen LogP contribution in [-0.2, 0) is 16.1 Å². The molecule has 2 rings (SSSR count). The molecular weight excluding hydrogens is 246 g/mol. The molecular formula is C13H19N3O3. The first kappa shape index (κ1) is 13.8. The van der Waals surface area contributed by atoms with Crippen molar-refractivity contribution in [3.63, 3.8) is 0 Å². The van der Waals surface area contributed by atoms with Crippen LogP contribution in [0.25, 0.3) is 0 Å². The summed E-state index contributed by atoms with van der Waals surface area (Å²) in [7, 11) is 3.26. The highest BCUT2D eigenvalue weighted by Gasteiger charge is 2.35. The average Bonchev–Trinajstić information content (AvgIpc) is 2.82. The maximum absolute atomic E-state index is 11.5. The summed E-state index contributed by atoms with van der Waals surface area (Å²) in [5.41, 5.74) is 6.28. The van der Waals surface area contributed by atoms with Gasteiger partial charge in [-0.25, -0.2) is 0 Å². The number of rotatable bonds is 5. The van der Waals surface area contributed by atoms with Crippen molar-refractivity contribution in [2.24, 2.45) is 5.73 Å². The number of hydrogen-bond acceptors (Lipinski definition) is 5. The van der Waals surface area contributed by atoms with E-state index in [0.29, 0.717) is 19.5 Å². The van der Waals surface area contributed by atoms with E-state index in [1.54, 1.807) is 26.5 Å². The van der Waals surface area contributed by atoms with Crippen molar-refractivity contribution in [2.75, 3.05) is 20.8 Å². The van der Waals surface area contributed by atoms with Crippen molar-refractivity contribution < 1.29 is 14.3 Å². The molecule has 1 amide bonds. The first-order valence-electron chi connectivity index (χ1n) is 6.19. The fourth-order valence-corrected chi connectivity index (χ4v) is 2.38. The number of methoxy groups -OCH3 is 2.